The molecule has 0 spiro atoms. The van der Waals surface area contributed by atoms with Crippen LogP contribution in [0.25, 0.3) is 0 Å². The van der Waals surface area contributed by atoms with Gasteiger partial charge in [-0.3, -0.25) is 0 Å². The molecular weight excluding hydrogens is 208 g/mol. The van der Waals surface area contributed by atoms with Crippen LogP contribution in [-0.2, 0) is 17.6 Å². The molecule has 0 saturated heterocycles. The van der Waals surface area contributed by atoms with Crippen molar-refractivity contribution in [1.82, 2.24) is 0 Å². The topological polar surface area (TPSA) is 9.23 Å². The summed E-state index contributed by atoms with van der Waals surface area (Å²) in [5.41, 5.74) is 4.19. The van der Waals surface area contributed by atoms with Crippen LogP contribution in [0.5, 0.6) is 0 Å². The van der Waals surface area contributed by atoms with Crippen LogP contribution in [0.2, 0.25) is 0 Å². The Hall–Kier alpha value is -1.50. The Morgan fingerprint density at radius 1 is 1.06 bits per heavy atom. The van der Waals surface area contributed by atoms with Gasteiger partial charge in [0.2, 0.25) is 0 Å². The lowest BCUT2D eigenvalue weighted by atomic mass is 9.94. The van der Waals surface area contributed by atoms with E-state index >= 15 is 0 Å². The van der Waals surface area contributed by atoms with Crippen LogP contribution in [0.3, 0.4) is 0 Å². The lowest BCUT2D eigenvalue weighted by Crippen LogP contribution is -1.99. The lowest BCUT2D eigenvalue weighted by Gasteiger charge is -2.12. The number of ether oxygens (including phenoxy) is 1. The second kappa shape index (κ2) is 6.29. The molecule has 0 amide bonds. The van der Waals surface area contributed by atoms with Crippen LogP contribution in [-0.4, -0.2) is 7.11 Å². The van der Waals surface area contributed by atoms with Crippen LogP contribution in [0, 0.1) is 6.42 Å². The summed E-state index contributed by atoms with van der Waals surface area (Å²) >= 11 is 0. The van der Waals surface area contributed by atoms with Gasteiger partial charge in [-0.1, -0.05) is 36.4 Å². The molecule has 0 fully saturated rings. The maximum Gasteiger partial charge on any atom is 0.0823 e. The molecule has 89 valence electrons. The SMILES string of the molecule is CO/C=C1\C/C=C\C[CH]Cc2ccccc2C1. The van der Waals surface area contributed by atoms with Gasteiger partial charge in [0.25, 0.3) is 0 Å². The fourth-order valence-electron chi connectivity index (χ4n) is 2.17. The van der Waals surface area contributed by atoms with Crippen LogP contribution in [0.4, 0.5) is 0 Å². The fourth-order valence-corrected chi connectivity index (χ4v) is 2.17. The van der Waals surface area contributed by atoms with Crippen LogP contribution >= 0.6 is 0 Å². The first-order chi connectivity index (χ1) is 8.40. The second-order valence-electron chi connectivity index (χ2n) is 4.36. The second-order valence-corrected chi connectivity index (χ2v) is 4.36. The van der Waals surface area contributed by atoms with Crippen molar-refractivity contribution in [3.8, 4) is 0 Å². The Morgan fingerprint density at radius 3 is 2.71 bits per heavy atom. The molecular formula is C16H19O. The summed E-state index contributed by atoms with van der Waals surface area (Å²) in [6.45, 7) is 0. The third kappa shape index (κ3) is 3.48. The molecule has 0 N–H and O–H groups in total. The van der Waals surface area contributed by atoms with E-state index in [2.05, 4.69) is 42.8 Å². The van der Waals surface area contributed by atoms with E-state index in [9.17, 15) is 0 Å². The van der Waals surface area contributed by atoms with Gasteiger partial charge in [0.15, 0.2) is 0 Å². The van der Waals surface area contributed by atoms with Gasteiger partial charge in [0, 0.05) is 0 Å². The molecule has 1 radical (unpaired) electrons. The predicted octanol–water partition coefficient (Wildman–Crippen LogP) is 3.86. The van der Waals surface area contributed by atoms with Crippen LogP contribution < -0.4 is 0 Å². The van der Waals surface area contributed by atoms with Gasteiger partial charge in [-0.2, -0.15) is 0 Å². The van der Waals surface area contributed by atoms with Gasteiger partial charge in [-0.15, -0.1) is 0 Å². The van der Waals surface area contributed by atoms with E-state index < -0.39 is 0 Å². The summed E-state index contributed by atoms with van der Waals surface area (Å²) in [6.07, 6.45) is 12.8. The molecule has 1 aromatic carbocycles. The number of hydrogen-bond acceptors (Lipinski definition) is 1. The minimum Gasteiger partial charge on any atom is -0.504 e. The van der Waals surface area contributed by atoms with E-state index in [4.69, 9.17) is 4.74 Å². The standard InChI is InChI=1S/C16H19O/c1-17-13-14-8-4-2-3-5-9-15-10-6-7-11-16(15)12-14/h2,4-7,10-11,13H,3,8-9,12H2,1H3/b4-2-,14-13+. The highest BCUT2D eigenvalue weighted by Gasteiger charge is 2.06. The highest BCUT2D eigenvalue weighted by Crippen LogP contribution is 2.19. The van der Waals surface area contributed by atoms with Gasteiger partial charge in [0.05, 0.1) is 13.4 Å². The fraction of sp³-hybridized carbons (Fsp3) is 0.312. The van der Waals surface area contributed by atoms with E-state index in [1.54, 1.807) is 7.11 Å². The number of fused-ring (bicyclic) bond motifs is 1. The molecule has 0 aromatic heterocycles. The largest absolute Gasteiger partial charge is 0.504 e. The third-order valence-corrected chi connectivity index (χ3v) is 3.03. The molecule has 2 rings (SSSR count). The molecule has 0 atom stereocenters. The maximum absolute atomic E-state index is 5.16. The van der Waals surface area contributed by atoms with Gasteiger partial charge in [-0.05, 0) is 48.8 Å². The molecule has 0 unspecified atom stereocenters. The highest BCUT2D eigenvalue weighted by molar-refractivity contribution is 5.32. The van der Waals surface area contributed by atoms with Gasteiger partial charge < -0.3 is 4.74 Å². The zero-order chi connectivity index (χ0) is 11.9. The average molecular weight is 227 g/mol. The van der Waals surface area contributed by atoms with Crippen molar-refractivity contribution in [1.29, 1.82) is 0 Å². The van der Waals surface area contributed by atoms with E-state index in [0.717, 1.165) is 25.7 Å². The molecule has 1 aliphatic carbocycles. The van der Waals surface area contributed by atoms with Crippen molar-refractivity contribution in [2.75, 3.05) is 7.11 Å². The van der Waals surface area contributed by atoms with Crippen molar-refractivity contribution in [3.63, 3.8) is 0 Å². The predicted molar refractivity (Wildman–Crippen MR) is 71.6 cm³/mol. The quantitative estimate of drug-likeness (QED) is 0.523. The summed E-state index contributed by atoms with van der Waals surface area (Å²) in [6, 6.07) is 8.68. The number of hydrogen-bond donors (Lipinski definition) is 0. The summed E-state index contributed by atoms with van der Waals surface area (Å²) < 4.78 is 5.16. The minimum absolute atomic E-state index is 0.982. The zero-order valence-corrected chi connectivity index (χ0v) is 10.4. The molecule has 0 saturated carbocycles. The minimum atomic E-state index is 0.982. The van der Waals surface area contributed by atoms with Crippen molar-refractivity contribution in [2.45, 2.75) is 25.7 Å². The Labute approximate surface area is 104 Å². The molecule has 1 heteroatoms. The summed E-state index contributed by atoms with van der Waals surface area (Å²) in [5.74, 6) is 0. The Morgan fingerprint density at radius 2 is 1.88 bits per heavy atom. The van der Waals surface area contributed by atoms with Crippen molar-refractivity contribution >= 4 is 0 Å². The number of allylic oxidation sites excluding steroid dienone is 3. The number of benzene rings is 1. The third-order valence-electron chi connectivity index (χ3n) is 3.03. The Bertz CT molecular complexity index is 415. The first kappa shape index (κ1) is 12.0. The average Bonchev–Trinajstić information content (AvgIpc) is 2.36. The Balaban J connectivity index is 2.25. The smallest absolute Gasteiger partial charge is 0.0823 e. The molecule has 17 heavy (non-hydrogen) atoms. The highest BCUT2D eigenvalue weighted by atomic mass is 16.5. The first-order valence-corrected chi connectivity index (χ1v) is 6.14. The Kier molecular flexibility index (Phi) is 4.43. The zero-order valence-electron chi connectivity index (χ0n) is 10.4. The van der Waals surface area contributed by atoms with Gasteiger partial charge in [0.1, 0.15) is 0 Å². The van der Waals surface area contributed by atoms with E-state index in [1.807, 2.05) is 6.26 Å². The van der Waals surface area contributed by atoms with E-state index in [-0.39, 0.29) is 0 Å². The number of methoxy groups -OCH3 is 1. The van der Waals surface area contributed by atoms with Crippen LogP contribution in [0.15, 0.2) is 48.3 Å². The van der Waals surface area contributed by atoms with Crippen LogP contribution in [0.1, 0.15) is 24.0 Å². The van der Waals surface area contributed by atoms with Gasteiger partial charge in [-0.25, -0.2) is 0 Å². The molecule has 1 nitrogen and oxygen atoms in total. The summed E-state index contributed by atoms with van der Waals surface area (Å²) in [4.78, 5) is 0. The molecule has 1 aliphatic rings. The molecule has 0 heterocycles. The molecule has 1 aromatic rings. The van der Waals surface area contributed by atoms with Crippen molar-refractivity contribution in [3.05, 3.63) is 65.8 Å². The summed E-state index contributed by atoms with van der Waals surface area (Å²) in [7, 11) is 1.72. The summed E-state index contributed by atoms with van der Waals surface area (Å²) in [5, 5.41) is 0. The van der Waals surface area contributed by atoms with Gasteiger partial charge >= 0.3 is 0 Å². The van der Waals surface area contributed by atoms with E-state index in [0.29, 0.717) is 0 Å². The number of rotatable bonds is 1. The molecule has 0 aliphatic heterocycles. The maximum atomic E-state index is 5.16. The van der Waals surface area contributed by atoms with Crippen molar-refractivity contribution < 1.29 is 4.74 Å². The van der Waals surface area contributed by atoms with Crippen molar-refractivity contribution in [2.24, 2.45) is 0 Å². The first-order valence-electron chi connectivity index (χ1n) is 6.14. The molecule has 0 bridgehead atoms. The van der Waals surface area contributed by atoms with E-state index in [1.165, 1.54) is 16.7 Å². The monoisotopic (exact) mass is 227 g/mol. The normalized spacial score (nSPS) is 20.6. The lowest BCUT2D eigenvalue weighted by molar-refractivity contribution is 0.332.